The predicted octanol–water partition coefficient (Wildman–Crippen LogP) is 8.58. The van der Waals surface area contributed by atoms with Gasteiger partial charge in [-0.1, -0.05) is 164 Å². The summed E-state index contributed by atoms with van der Waals surface area (Å²) in [6.07, 6.45) is 38.9. The van der Waals surface area contributed by atoms with E-state index in [4.69, 9.17) is 9.47 Å². The van der Waals surface area contributed by atoms with E-state index in [0.717, 1.165) is 77.0 Å². The van der Waals surface area contributed by atoms with E-state index in [2.05, 4.69) is 67.8 Å². The van der Waals surface area contributed by atoms with Crippen LogP contribution in [0.5, 0.6) is 0 Å². The molecule has 336 valence electrons. The lowest BCUT2D eigenvalue weighted by atomic mass is 9.99. The number of allylic oxidation sites excluding steroid dienone is 9. The molecule has 1 aliphatic heterocycles. The van der Waals surface area contributed by atoms with Crippen LogP contribution in [0.25, 0.3) is 0 Å². The Morgan fingerprint density at radius 3 is 1.66 bits per heavy atom. The number of hydrogen-bond acceptors (Lipinski definition) is 9. The summed E-state index contributed by atoms with van der Waals surface area (Å²) >= 11 is 0. The first kappa shape index (κ1) is 53.9. The van der Waals surface area contributed by atoms with Crippen LogP contribution >= 0.6 is 0 Å². The molecule has 0 spiro atoms. The number of carbonyl (C=O) groups excluding carboxylic acids is 1. The van der Waals surface area contributed by atoms with Gasteiger partial charge in [0.05, 0.1) is 25.4 Å². The van der Waals surface area contributed by atoms with Gasteiger partial charge in [0.25, 0.3) is 0 Å². The Kier molecular flexibility index (Phi) is 35.1. The molecule has 58 heavy (non-hydrogen) atoms. The third-order valence-corrected chi connectivity index (χ3v) is 10.6. The molecule has 1 saturated heterocycles. The normalized spacial score (nSPS) is 22.0. The largest absolute Gasteiger partial charge is 0.394 e. The first-order valence-corrected chi connectivity index (χ1v) is 23.1. The third kappa shape index (κ3) is 27.6. The van der Waals surface area contributed by atoms with Gasteiger partial charge in [-0.05, 0) is 70.6 Å². The van der Waals surface area contributed by atoms with Crippen molar-refractivity contribution in [3.8, 4) is 0 Å². The van der Waals surface area contributed by atoms with Crippen molar-refractivity contribution in [2.75, 3.05) is 13.2 Å². The Bertz CT molecular complexity index is 1110. The number of hydrogen-bond donors (Lipinski definition) is 7. The molecule has 1 amide bonds. The molecule has 0 aromatic heterocycles. The fourth-order valence-electron chi connectivity index (χ4n) is 6.82. The first-order valence-electron chi connectivity index (χ1n) is 23.1. The van der Waals surface area contributed by atoms with Crippen LogP contribution < -0.4 is 5.32 Å². The highest BCUT2D eigenvalue weighted by Crippen LogP contribution is 2.22. The number of aliphatic hydroxyl groups excluding tert-OH is 6. The Morgan fingerprint density at radius 2 is 1.10 bits per heavy atom. The summed E-state index contributed by atoms with van der Waals surface area (Å²) in [5, 5.41) is 64.5. The minimum atomic E-state index is -1.62. The average Bonchev–Trinajstić information content (AvgIpc) is 3.22. The van der Waals surface area contributed by atoms with Gasteiger partial charge < -0.3 is 45.4 Å². The van der Waals surface area contributed by atoms with Crippen LogP contribution in [0, 0.1) is 0 Å². The van der Waals surface area contributed by atoms with E-state index in [-0.39, 0.29) is 13.0 Å². The molecule has 1 rings (SSSR count). The lowest BCUT2D eigenvalue weighted by Crippen LogP contribution is -2.60. The molecule has 0 aromatic carbocycles. The van der Waals surface area contributed by atoms with Gasteiger partial charge >= 0.3 is 0 Å². The number of ether oxygens (including phenoxy) is 2. The van der Waals surface area contributed by atoms with Gasteiger partial charge in [0.15, 0.2) is 6.29 Å². The topological polar surface area (TPSA) is 169 Å². The van der Waals surface area contributed by atoms with Gasteiger partial charge in [-0.15, -0.1) is 0 Å². The monoisotopic (exact) mass is 820 g/mol. The molecule has 8 atom stereocenters. The van der Waals surface area contributed by atoms with Crippen molar-refractivity contribution < 1.29 is 44.9 Å². The summed E-state index contributed by atoms with van der Waals surface area (Å²) in [6, 6.07) is -1.01. The molecule has 8 unspecified atom stereocenters. The van der Waals surface area contributed by atoms with E-state index >= 15 is 0 Å². The molecule has 0 saturated carbocycles. The number of unbranched alkanes of at least 4 members (excludes halogenated alkanes) is 18. The zero-order valence-electron chi connectivity index (χ0n) is 36.4. The quantitative estimate of drug-likeness (QED) is 0.0240. The highest BCUT2D eigenvalue weighted by molar-refractivity contribution is 5.80. The average molecular weight is 820 g/mol. The van der Waals surface area contributed by atoms with E-state index in [1.165, 1.54) is 64.2 Å². The molecular formula is C48H85NO9. The van der Waals surface area contributed by atoms with Gasteiger partial charge in [-0.2, -0.15) is 0 Å². The minimum absolute atomic E-state index is 0.286. The van der Waals surface area contributed by atoms with Crippen LogP contribution in [0.4, 0.5) is 0 Å². The zero-order chi connectivity index (χ0) is 42.5. The highest BCUT2D eigenvalue weighted by atomic mass is 16.7. The van der Waals surface area contributed by atoms with Gasteiger partial charge in [0, 0.05) is 0 Å². The lowest BCUT2D eigenvalue weighted by Gasteiger charge is -2.40. The van der Waals surface area contributed by atoms with E-state index in [9.17, 15) is 35.4 Å². The molecule has 1 aliphatic rings. The molecule has 1 fully saturated rings. The van der Waals surface area contributed by atoms with Gasteiger partial charge in [0.1, 0.15) is 30.5 Å². The Balaban J connectivity index is 2.38. The van der Waals surface area contributed by atoms with Crippen LogP contribution in [0.2, 0.25) is 0 Å². The van der Waals surface area contributed by atoms with Crippen LogP contribution in [0.3, 0.4) is 0 Å². The second kappa shape index (κ2) is 37.8. The fourth-order valence-corrected chi connectivity index (χ4v) is 6.82. The summed E-state index contributed by atoms with van der Waals surface area (Å²) in [4.78, 5) is 13.0. The molecule has 0 aromatic rings. The molecule has 1 heterocycles. The Labute approximate surface area is 352 Å². The van der Waals surface area contributed by atoms with Crippen LogP contribution in [-0.2, 0) is 14.3 Å². The molecule has 0 radical (unpaired) electrons. The Morgan fingerprint density at radius 1 is 0.603 bits per heavy atom. The Hall–Kier alpha value is -2.15. The second-order valence-electron chi connectivity index (χ2n) is 16.0. The molecule has 0 bridgehead atoms. The number of nitrogens with one attached hydrogen (secondary N) is 1. The lowest BCUT2D eigenvalue weighted by molar-refractivity contribution is -0.302. The van der Waals surface area contributed by atoms with Crippen molar-refractivity contribution in [1.29, 1.82) is 0 Å². The van der Waals surface area contributed by atoms with Crippen molar-refractivity contribution in [3.63, 3.8) is 0 Å². The third-order valence-electron chi connectivity index (χ3n) is 10.6. The van der Waals surface area contributed by atoms with Crippen LogP contribution in [0.1, 0.15) is 174 Å². The highest BCUT2D eigenvalue weighted by Gasteiger charge is 2.44. The summed E-state index contributed by atoms with van der Waals surface area (Å²) in [7, 11) is 0. The maximum atomic E-state index is 13.0. The van der Waals surface area contributed by atoms with E-state index in [1.54, 1.807) is 6.08 Å². The van der Waals surface area contributed by atoms with Crippen LogP contribution in [0.15, 0.2) is 60.8 Å². The molecular weight excluding hydrogens is 735 g/mol. The number of carbonyl (C=O) groups is 1. The zero-order valence-corrected chi connectivity index (χ0v) is 36.4. The van der Waals surface area contributed by atoms with Crippen molar-refractivity contribution in [3.05, 3.63) is 60.8 Å². The number of rotatable bonds is 37. The predicted molar refractivity (Wildman–Crippen MR) is 236 cm³/mol. The van der Waals surface area contributed by atoms with Crippen molar-refractivity contribution in [2.45, 2.75) is 223 Å². The fraction of sp³-hybridized carbons (Fsp3) is 0.771. The maximum absolute atomic E-state index is 13.0. The van der Waals surface area contributed by atoms with Gasteiger partial charge in [0.2, 0.25) is 5.91 Å². The summed E-state index contributed by atoms with van der Waals surface area (Å²) in [5.41, 5.74) is 0. The SMILES string of the molecule is CCC/C=C/CC/C=C/CC/C=C/C(O)C(COC1OC(CO)C(O)C(O)C1O)NC(=O)C(O)CCCCCCCC/C=C\C/C=C\CCCCCCCCCCC. The first-order chi connectivity index (χ1) is 28.3. The summed E-state index contributed by atoms with van der Waals surface area (Å²) in [5.74, 6) is -0.643. The van der Waals surface area contributed by atoms with Crippen LogP contribution in [-0.4, -0.2) is 98.7 Å². The second-order valence-corrected chi connectivity index (χ2v) is 16.0. The van der Waals surface area contributed by atoms with E-state index in [1.807, 2.05) is 6.08 Å². The molecule has 0 aliphatic carbocycles. The van der Waals surface area contributed by atoms with Crippen molar-refractivity contribution in [1.82, 2.24) is 5.32 Å². The summed E-state index contributed by atoms with van der Waals surface area (Å²) < 4.78 is 11.1. The minimum Gasteiger partial charge on any atom is -0.394 e. The van der Waals surface area contributed by atoms with E-state index in [0.29, 0.717) is 12.8 Å². The standard InChI is InChI=1S/C48H85NO9/c1-3-5-7-9-11-13-15-16-17-18-19-20-21-22-23-24-25-27-29-31-33-35-37-42(52)47(56)49-40(39-57-48-46(55)45(54)44(53)43(38-50)58-48)41(51)36-34-32-30-28-26-14-12-10-8-6-4-2/h8,10,19-20,22-23,26,28,34,36,40-46,48,50-55H,3-7,9,11-18,21,24-25,27,29-33,35,37-39H2,1-2H3,(H,49,56)/b10-8+,20-19-,23-22-,28-26+,36-34+. The number of aliphatic hydroxyl groups is 6. The molecule has 7 N–H and O–H groups in total. The van der Waals surface area contributed by atoms with Gasteiger partial charge in [-0.25, -0.2) is 0 Å². The number of amides is 1. The van der Waals surface area contributed by atoms with Crippen molar-refractivity contribution >= 4 is 5.91 Å². The summed E-state index contributed by atoms with van der Waals surface area (Å²) in [6.45, 7) is 3.48. The van der Waals surface area contributed by atoms with Gasteiger partial charge in [-0.3, -0.25) is 4.79 Å². The van der Waals surface area contributed by atoms with Crippen molar-refractivity contribution in [2.24, 2.45) is 0 Å². The maximum Gasteiger partial charge on any atom is 0.249 e. The smallest absolute Gasteiger partial charge is 0.249 e. The molecule has 10 heteroatoms. The van der Waals surface area contributed by atoms with E-state index < -0.39 is 61.5 Å². The molecule has 10 nitrogen and oxygen atoms in total.